The van der Waals surface area contributed by atoms with E-state index in [-0.39, 0.29) is 5.78 Å². The molecule has 0 radical (unpaired) electrons. The van der Waals surface area contributed by atoms with Crippen LogP contribution < -0.4 is 0 Å². The second-order valence-electron chi connectivity index (χ2n) is 2.89. The van der Waals surface area contributed by atoms with Crippen molar-refractivity contribution in [2.24, 2.45) is 0 Å². The number of unbranched alkanes of at least 4 members (excludes halogenated alkanes) is 1. The summed E-state index contributed by atoms with van der Waals surface area (Å²) >= 11 is 0. The molecule has 0 aromatic carbocycles. The summed E-state index contributed by atoms with van der Waals surface area (Å²) in [7, 11) is 0. The van der Waals surface area contributed by atoms with Crippen molar-refractivity contribution < 1.29 is 9.18 Å². The number of aromatic nitrogens is 1. The van der Waals surface area contributed by atoms with Gasteiger partial charge in [0.05, 0.1) is 6.20 Å². The highest BCUT2D eigenvalue weighted by molar-refractivity contribution is 5.94. The monoisotopic (exact) mass is 181 g/mol. The van der Waals surface area contributed by atoms with Crippen LogP contribution in [-0.4, -0.2) is 10.8 Å². The Bertz CT molecular complexity index is 281. The lowest BCUT2D eigenvalue weighted by atomic mass is 10.1. The van der Waals surface area contributed by atoms with Crippen LogP contribution in [0, 0.1) is 5.82 Å². The molecule has 0 aliphatic carbocycles. The Morgan fingerprint density at radius 1 is 1.54 bits per heavy atom. The molecule has 0 aliphatic rings. The molecule has 0 fully saturated rings. The number of rotatable bonds is 4. The molecule has 70 valence electrons. The molecule has 1 aromatic heterocycles. The summed E-state index contributed by atoms with van der Waals surface area (Å²) in [5.41, 5.74) is 0.356. The molecule has 0 atom stereocenters. The van der Waals surface area contributed by atoms with E-state index in [1.54, 1.807) is 0 Å². The number of ketones is 1. The predicted octanol–water partition coefficient (Wildman–Crippen LogP) is 2.59. The number of Topliss-reactive ketones (excluding diaryl/α,β-unsaturated/α-hetero) is 1. The summed E-state index contributed by atoms with van der Waals surface area (Å²) in [6, 6.07) is 2.68. The summed E-state index contributed by atoms with van der Waals surface area (Å²) in [5, 5.41) is 0. The molecule has 0 unspecified atom stereocenters. The third-order valence-electron chi connectivity index (χ3n) is 1.77. The standard InChI is InChI=1S/C10H12FNO/c1-2-3-4-10(13)9-6-5-8(11)7-12-9/h5-7H,2-4H2,1H3. The van der Waals surface area contributed by atoms with E-state index >= 15 is 0 Å². The van der Waals surface area contributed by atoms with E-state index in [4.69, 9.17) is 0 Å². The number of halogens is 1. The largest absolute Gasteiger partial charge is 0.292 e. The lowest BCUT2D eigenvalue weighted by Gasteiger charge is -1.97. The molecule has 0 amide bonds. The lowest BCUT2D eigenvalue weighted by Crippen LogP contribution is -2.01. The molecular weight excluding hydrogens is 169 g/mol. The Hall–Kier alpha value is -1.25. The zero-order valence-electron chi connectivity index (χ0n) is 7.59. The Labute approximate surface area is 76.8 Å². The van der Waals surface area contributed by atoms with E-state index in [0.29, 0.717) is 12.1 Å². The van der Waals surface area contributed by atoms with E-state index in [2.05, 4.69) is 4.98 Å². The number of hydrogen-bond acceptors (Lipinski definition) is 2. The van der Waals surface area contributed by atoms with Crippen LogP contribution in [-0.2, 0) is 0 Å². The minimum Gasteiger partial charge on any atom is -0.292 e. The normalized spacial score (nSPS) is 10.0. The first-order valence-corrected chi connectivity index (χ1v) is 4.38. The van der Waals surface area contributed by atoms with Crippen molar-refractivity contribution >= 4 is 5.78 Å². The third kappa shape index (κ3) is 2.93. The Morgan fingerprint density at radius 2 is 2.31 bits per heavy atom. The molecule has 0 aliphatic heterocycles. The Kier molecular flexibility index (Phi) is 3.55. The third-order valence-corrected chi connectivity index (χ3v) is 1.77. The van der Waals surface area contributed by atoms with Crippen molar-refractivity contribution in [3.8, 4) is 0 Å². The smallest absolute Gasteiger partial charge is 0.181 e. The molecule has 0 N–H and O–H groups in total. The van der Waals surface area contributed by atoms with Crippen LogP contribution in [0.4, 0.5) is 4.39 Å². The maximum absolute atomic E-state index is 12.4. The zero-order valence-corrected chi connectivity index (χ0v) is 7.59. The number of carbonyl (C=O) groups excluding carboxylic acids is 1. The van der Waals surface area contributed by atoms with Crippen LogP contribution in [0.25, 0.3) is 0 Å². The van der Waals surface area contributed by atoms with Crippen molar-refractivity contribution in [3.63, 3.8) is 0 Å². The fourth-order valence-corrected chi connectivity index (χ4v) is 1.01. The van der Waals surface area contributed by atoms with E-state index in [1.807, 2.05) is 6.92 Å². The average Bonchev–Trinajstić information content (AvgIpc) is 2.15. The molecule has 1 rings (SSSR count). The first kappa shape index (κ1) is 9.84. The van der Waals surface area contributed by atoms with Gasteiger partial charge in [-0.25, -0.2) is 4.39 Å². The molecule has 0 bridgehead atoms. The molecule has 0 spiro atoms. The van der Waals surface area contributed by atoms with Gasteiger partial charge in [0, 0.05) is 6.42 Å². The minimum absolute atomic E-state index is 0.0122. The van der Waals surface area contributed by atoms with Gasteiger partial charge >= 0.3 is 0 Å². The summed E-state index contributed by atoms with van der Waals surface area (Å²) in [4.78, 5) is 15.0. The Balaban J connectivity index is 2.61. The van der Waals surface area contributed by atoms with Gasteiger partial charge in [0.25, 0.3) is 0 Å². The van der Waals surface area contributed by atoms with Crippen LogP contribution in [0.5, 0.6) is 0 Å². The topological polar surface area (TPSA) is 30.0 Å². The number of carbonyl (C=O) groups is 1. The van der Waals surface area contributed by atoms with Gasteiger partial charge in [-0.3, -0.25) is 9.78 Å². The van der Waals surface area contributed by atoms with E-state index in [9.17, 15) is 9.18 Å². The molecule has 0 saturated carbocycles. The van der Waals surface area contributed by atoms with Gasteiger partial charge in [0.2, 0.25) is 0 Å². The zero-order chi connectivity index (χ0) is 9.68. The predicted molar refractivity (Wildman–Crippen MR) is 48.1 cm³/mol. The van der Waals surface area contributed by atoms with E-state index < -0.39 is 5.82 Å². The summed E-state index contributed by atoms with van der Waals surface area (Å²) < 4.78 is 12.4. The van der Waals surface area contributed by atoms with Crippen molar-refractivity contribution in [3.05, 3.63) is 29.8 Å². The SMILES string of the molecule is CCCCC(=O)c1ccc(F)cn1. The molecule has 2 nitrogen and oxygen atoms in total. The second-order valence-corrected chi connectivity index (χ2v) is 2.89. The van der Waals surface area contributed by atoms with Crippen molar-refractivity contribution in [1.29, 1.82) is 0 Å². The molecule has 13 heavy (non-hydrogen) atoms. The van der Waals surface area contributed by atoms with Crippen LogP contribution in [0.1, 0.15) is 36.7 Å². The quantitative estimate of drug-likeness (QED) is 0.668. The molecule has 3 heteroatoms. The van der Waals surface area contributed by atoms with Gasteiger partial charge < -0.3 is 0 Å². The van der Waals surface area contributed by atoms with Crippen LogP contribution in [0.15, 0.2) is 18.3 Å². The highest BCUT2D eigenvalue weighted by Gasteiger charge is 2.05. The summed E-state index contributed by atoms with van der Waals surface area (Å²) in [5.74, 6) is -0.422. The summed E-state index contributed by atoms with van der Waals surface area (Å²) in [6.07, 6.45) is 3.40. The lowest BCUT2D eigenvalue weighted by molar-refractivity contribution is 0.0975. The van der Waals surface area contributed by atoms with Gasteiger partial charge in [0.1, 0.15) is 11.5 Å². The first-order valence-electron chi connectivity index (χ1n) is 4.38. The minimum atomic E-state index is -0.410. The van der Waals surface area contributed by atoms with Gasteiger partial charge in [-0.05, 0) is 18.6 Å². The van der Waals surface area contributed by atoms with E-state index in [1.165, 1.54) is 12.1 Å². The molecule has 0 saturated heterocycles. The molecule has 1 aromatic rings. The number of hydrogen-bond donors (Lipinski definition) is 0. The number of pyridine rings is 1. The van der Waals surface area contributed by atoms with Gasteiger partial charge in [0.15, 0.2) is 5.78 Å². The van der Waals surface area contributed by atoms with Crippen LogP contribution in [0.2, 0.25) is 0 Å². The highest BCUT2D eigenvalue weighted by Crippen LogP contribution is 2.04. The second kappa shape index (κ2) is 4.70. The maximum Gasteiger partial charge on any atom is 0.181 e. The van der Waals surface area contributed by atoms with Gasteiger partial charge in [-0.15, -0.1) is 0 Å². The van der Waals surface area contributed by atoms with Gasteiger partial charge in [-0.2, -0.15) is 0 Å². The summed E-state index contributed by atoms with van der Waals surface area (Å²) in [6.45, 7) is 2.02. The fraction of sp³-hybridized carbons (Fsp3) is 0.400. The van der Waals surface area contributed by atoms with Crippen molar-refractivity contribution in [2.45, 2.75) is 26.2 Å². The van der Waals surface area contributed by atoms with Gasteiger partial charge in [-0.1, -0.05) is 13.3 Å². The van der Waals surface area contributed by atoms with Crippen LogP contribution in [0.3, 0.4) is 0 Å². The maximum atomic E-state index is 12.4. The molecular formula is C10H12FNO. The fourth-order valence-electron chi connectivity index (χ4n) is 1.01. The van der Waals surface area contributed by atoms with Crippen LogP contribution >= 0.6 is 0 Å². The Morgan fingerprint density at radius 3 is 2.85 bits per heavy atom. The molecule has 1 heterocycles. The average molecular weight is 181 g/mol. The first-order chi connectivity index (χ1) is 6.24. The number of nitrogens with zero attached hydrogens (tertiary/aromatic N) is 1. The highest BCUT2D eigenvalue weighted by atomic mass is 19.1. The van der Waals surface area contributed by atoms with Crippen molar-refractivity contribution in [1.82, 2.24) is 4.98 Å². The van der Waals surface area contributed by atoms with Crippen molar-refractivity contribution in [2.75, 3.05) is 0 Å². The van der Waals surface area contributed by atoms with E-state index in [0.717, 1.165) is 19.0 Å².